The molecule has 0 aliphatic heterocycles. The predicted molar refractivity (Wildman–Crippen MR) is 78.3 cm³/mol. The molecule has 0 bridgehead atoms. The third-order valence-electron chi connectivity index (χ3n) is 2.86. The molecule has 0 heterocycles. The molecular weight excluding hydrogens is 228 g/mol. The summed E-state index contributed by atoms with van der Waals surface area (Å²) in [5.74, 6) is 0. The quantitative estimate of drug-likeness (QED) is 0.219. The summed E-state index contributed by atoms with van der Waals surface area (Å²) in [4.78, 5) is 0. The highest BCUT2D eigenvalue weighted by molar-refractivity contribution is 4.68. The van der Waals surface area contributed by atoms with Gasteiger partial charge in [-0.2, -0.15) is 0 Å². The summed E-state index contributed by atoms with van der Waals surface area (Å²) in [6.07, 6.45) is 4.35. The maximum Gasteiger partial charge on any atom is 0.0165 e. The Morgan fingerprint density at radius 2 is 1.11 bits per heavy atom. The van der Waals surface area contributed by atoms with Crippen molar-refractivity contribution in [1.82, 2.24) is 10.6 Å². The number of nitrogens with two attached hydrogens (primary N) is 4. The van der Waals surface area contributed by atoms with Crippen LogP contribution in [0.2, 0.25) is 0 Å². The van der Waals surface area contributed by atoms with Crippen molar-refractivity contribution in [2.45, 2.75) is 37.8 Å². The van der Waals surface area contributed by atoms with Gasteiger partial charge in [0.1, 0.15) is 0 Å². The Labute approximate surface area is 111 Å². The zero-order valence-corrected chi connectivity index (χ0v) is 11.5. The molecule has 0 aromatic rings. The highest BCUT2D eigenvalue weighted by Crippen LogP contribution is 2.03. The van der Waals surface area contributed by atoms with Crippen molar-refractivity contribution in [2.75, 3.05) is 39.3 Å². The lowest BCUT2D eigenvalue weighted by atomic mass is 10.1. The minimum atomic E-state index is 0.225. The standard InChI is InChI=1S/C12H32N6/c13-5-7-17-9-11(15)3-1-2-4-12(16)10-18-8-6-14/h11-12,17-18H,1-10,13-16H2. The first-order valence-corrected chi connectivity index (χ1v) is 7.03. The Kier molecular flexibility index (Phi) is 13.0. The average molecular weight is 260 g/mol. The molecule has 110 valence electrons. The van der Waals surface area contributed by atoms with E-state index in [4.69, 9.17) is 22.9 Å². The number of hydrogen-bond acceptors (Lipinski definition) is 6. The lowest BCUT2D eigenvalue weighted by Gasteiger charge is -2.14. The van der Waals surface area contributed by atoms with Gasteiger partial charge in [0, 0.05) is 51.4 Å². The minimum absolute atomic E-state index is 0.225. The summed E-state index contributed by atoms with van der Waals surface area (Å²) in [6.45, 7) is 4.70. The van der Waals surface area contributed by atoms with Crippen LogP contribution in [0.4, 0.5) is 0 Å². The van der Waals surface area contributed by atoms with Gasteiger partial charge in [-0.1, -0.05) is 12.8 Å². The van der Waals surface area contributed by atoms with Crippen molar-refractivity contribution >= 4 is 0 Å². The van der Waals surface area contributed by atoms with Crippen molar-refractivity contribution in [3.8, 4) is 0 Å². The molecule has 2 atom stereocenters. The van der Waals surface area contributed by atoms with Crippen LogP contribution in [0.3, 0.4) is 0 Å². The van der Waals surface area contributed by atoms with E-state index in [9.17, 15) is 0 Å². The first-order chi connectivity index (χ1) is 8.70. The van der Waals surface area contributed by atoms with Gasteiger partial charge in [0.25, 0.3) is 0 Å². The molecule has 0 saturated carbocycles. The first kappa shape index (κ1) is 17.8. The van der Waals surface area contributed by atoms with Crippen molar-refractivity contribution in [3.05, 3.63) is 0 Å². The predicted octanol–water partition coefficient (Wildman–Crippen LogP) is -1.70. The molecule has 6 heteroatoms. The Balaban J connectivity index is 3.27. The fraction of sp³-hybridized carbons (Fsp3) is 1.00. The highest BCUT2D eigenvalue weighted by Gasteiger charge is 2.04. The molecule has 10 N–H and O–H groups in total. The molecule has 0 aliphatic rings. The molecule has 6 nitrogen and oxygen atoms in total. The summed E-state index contributed by atoms with van der Waals surface area (Å²) in [5, 5.41) is 6.44. The second-order valence-electron chi connectivity index (χ2n) is 4.79. The van der Waals surface area contributed by atoms with Gasteiger partial charge in [0.05, 0.1) is 0 Å². The molecule has 0 spiro atoms. The van der Waals surface area contributed by atoms with Crippen LogP contribution >= 0.6 is 0 Å². The molecule has 0 fully saturated rings. The average Bonchev–Trinajstić information content (AvgIpc) is 2.35. The maximum atomic E-state index is 5.97. The fourth-order valence-corrected chi connectivity index (χ4v) is 1.80. The molecule has 0 saturated heterocycles. The Morgan fingerprint density at radius 1 is 0.722 bits per heavy atom. The first-order valence-electron chi connectivity index (χ1n) is 7.03. The number of nitrogens with one attached hydrogen (secondary N) is 2. The van der Waals surface area contributed by atoms with E-state index in [0.29, 0.717) is 13.1 Å². The second kappa shape index (κ2) is 13.2. The van der Waals surface area contributed by atoms with E-state index >= 15 is 0 Å². The van der Waals surface area contributed by atoms with Gasteiger partial charge in [-0.05, 0) is 12.8 Å². The van der Waals surface area contributed by atoms with E-state index < -0.39 is 0 Å². The van der Waals surface area contributed by atoms with Crippen LogP contribution in [0.15, 0.2) is 0 Å². The Morgan fingerprint density at radius 3 is 1.44 bits per heavy atom. The van der Waals surface area contributed by atoms with Crippen LogP contribution in [0, 0.1) is 0 Å². The van der Waals surface area contributed by atoms with E-state index in [1.807, 2.05) is 0 Å². The molecule has 18 heavy (non-hydrogen) atoms. The summed E-state index contributed by atoms with van der Waals surface area (Å²) in [7, 11) is 0. The lowest BCUT2D eigenvalue weighted by Crippen LogP contribution is -2.37. The van der Waals surface area contributed by atoms with Gasteiger partial charge in [-0.3, -0.25) is 0 Å². The third-order valence-corrected chi connectivity index (χ3v) is 2.86. The summed E-state index contributed by atoms with van der Waals surface area (Å²) in [6, 6.07) is 0.450. The smallest absolute Gasteiger partial charge is 0.0165 e. The highest BCUT2D eigenvalue weighted by atomic mass is 14.9. The van der Waals surface area contributed by atoms with Gasteiger partial charge < -0.3 is 33.6 Å². The van der Waals surface area contributed by atoms with Crippen LogP contribution in [0.25, 0.3) is 0 Å². The second-order valence-corrected chi connectivity index (χ2v) is 4.79. The van der Waals surface area contributed by atoms with E-state index in [1.54, 1.807) is 0 Å². The van der Waals surface area contributed by atoms with E-state index in [0.717, 1.165) is 51.9 Å². The van der Waals surface area contributed by atoms with Crippen LogP contribution in [0.5, 0.6) is 0 Å². The summed E-state index contributed by atoms with van der Waals surface area (Å²) >= 11 is 0. The number of unbranched alkanes of at least 4 members (excludes halogenated alkanes) is 1. The van der Waals surface area contributed by atoms with Crippen LogP contribution < -0.4 is 33.6 Å². The van der Waals surface area contributed by atoms with E-state index in [-0.39, 0.29) is 12.1 Å². The maximum absolute atomic E-state index is 5.97. The van der Waals surface area contributed by atoms with Crippen molar-refractivity contribution in [1.29, 1.82) is 0 Å². The minimum Gasteiger partial charge on any atom is -0.329 e. The van der Waals surface area contributed by atoms with Crippen molar-refractivity contribution < 1.29 is 0 Å². The summed E-state index contributed by atoms with van der Waals surface area (Å²) in [5.41, 5.74) is 22.7. The monoisotopic (exact) mass is 260 g/mol. The molecule has 0 radical (unpaired) electrons. The zero-order chi connectivity index (χ0) is 13.6. The Bertz CT molecular complexity index is 149. The van der Waals surface area contributed by atoms with Crippen LogP contribution in [-0.2, 0) is 0 Å². The normalized spacial score (nSPS) is 14.7. The third kappa shape index (κ3) is 12.2. The Hall–Kier alpha value is -0.240. The number of rotatable bonds is 13. The molecule has 0 aromatic heterocycles. The van der Waals surface area contributed by atoms with E-state index in [2.05, 4.69) is 10.6 Å². The summed E-state index contributed by atoms with van der Waals surface area (Å²) < 4.78 is 0. The molecule has 2 unspecified atom stereocenters. The van der Waals surface area contributed by atoms with Gasteiger partial charge >= 0.3 is 0 Å². The van der Waals surface area contributed by atoms with Crippen LogP contribution in [0.1, 0.15) is 25.7 Å². The molecular formula is C12H32N6. The SMILES string of the molecule is NCCNCC(N)CCCCC(N)CNCCN. The topological polar surface area (TPSA) is 128 Å². The van der Waals surface area contributed by atoms with Gasteiger partial charge in [0.15, 0.2) is 0 Å². The fourth-order valence-electron chi connectivity index (χ4n) is 1.80. The van der Waals surface area contributed by atoms with Crippen molar-refractivity contribution in [2.24, 2.45) is 22.9 Å². The lowest BCUT2D eigenvalue weighted by molar-refractivity contribution is 0.481. The number of hydrogen-bond donors (Lipinski definition) is 6. The van der Waals surface area contributed by atoms with Crippen molar-refractivity contribution in [3.63, 3.8) is 0 Å². The van der Waals surface area contributed by atoms with Crippen LogP contribution in [-0.4, -0.2) is 51.4 Å². The van der Waals surface area contributed by atoms with Gasteiger partial charge in [-0.25, -0.2) is 0 Å². The zero-order valence-electron chi connectivity index (χ0n) is 11.5. The molecule has 0 amide bonds. The largest absolute Gasteiger partial charge is 0.329 e. The van der Waals surface area contributed by atoms with Gasteiger partial charge in [0.2, 0.25) is 0 Å². The molecule has 0 aliphatic carbocycles. The van der Waals surface area contributed by atoms with Gasteiger partial charge in [-0.15, -0.1) is 0 Å². The van der Waals surface area contributed by atoms with E-state index in [1.165, 1.54) is 0 Å². The molecule has 0 rings (SSSR count). The molecule has 0 aromatic carbocycles.